The van der Waals surface area contributed by atoms with Gasteiger partial charge < -0.3 is 5.32 Å². The molecule has 2 atom stereocenters. The van der Waals surface area contributed by atoms with E-state index < -0.39 is 0 Å². The predicted molar refractivity (Wildman–Crippen MR) is 57.0 cm³/mol. The average molecular weight is 188 g/mol. The lowest BCUT2D eigenvalue weighted by Gasteiger charge is -2.24. The average Bonchev–Trinajstić information content (AvgIpc) is 2.97. The Kier molecular flexibility index (Phi) is 2.03. The molecule has 0 aromatic heterocycles. The summed E-state index contributed by atoms with van der Waals surface area (Å²) in [4.78, 5) is 2.55. The number of rotatable bonds is 2. The highest BCUT2D eigenvalue weighted by atomic mass is 15.3. The lowest BCUT2D eigenvalue weighted by Crippen LogP contribution is -2.34. The van der Waals surface area contributed by atoms with Crippen LogP contribution in [0, 0.1) is 0 Å². The Bertz CT molecular complexity index is 309. The first-order valence-electron chi connectivity index (χ1n) is 5.44. The minimum absolute atomic E-state index is 0.799. The Morgan fingerprint density at radius 1 is 1.21 bits per heavy atom. The summed E-state index contributed by atoms with van der Waals surface area (Å²) in [5, 5.41) is 3.50. The molecule has 0 aliphatic carbocycles. The number of fused-ring (bicyclic) bond motifs is 1. The van der Waals surface area contributed by atoms with Crippen molar-refractivity contribution in [1.29, 1.82) is 0 Å². The van der Waals surface area contributed by atoms with E-state index in [1.54, 1.807) is 0 Å². The zero-order valence-corrected chi connectivity index (χ0v) is 8.32. The molecule has 1 N–H and O–H groups in total. The molecule has 1 aromatic rings. The normalized spacial score (nSPS) is 31.1. The summed E-state index contributed by atoms with van der Waals surface area (Å²) < 4.78 is 0. The first-order chi connectivity index (χ1) is 6.92. The number of nitrogens with zero attached hydrogens (tertiary/aromatic N) is 1. The first kappa shape index (κ1) is 8.45. The molecule has 0 amide bonds. The largest absolute Gasteiger partial charge is 0.307 e. The molecule has 1 aromatic carbocycles. The predicted octanol–water partition coefficient (Wildman–Crippen LogP) is 1.23. The summed E-state index contributed by atoms with van der Waals surface area (Å²) in [5.74, 6) is 0. The zero-order valence-electron chi connectivity index (χ0n) is 8.32. The van der Waals surface area contributed by atoms with Gasteiger partial charge in [-0.05, 0) is 12.0 Å². The maximum absolute atomic E-state index is 3.50. The van der Waals surface area contributed by atoms with Gasteiger partial charge >= 0.3 is 0 Å². The van der Waals surface area contributed by atoms with Crippen molar-refractivity contribution in [2.45, 2.75) is 25.0 Å². The van der Waals surface area contributed by atoms with Crippen molar-refractivity contribution < 1.29 is 0 Å². The van der Waals surface area contributed by atoms with Gasteiger partial charge in [-0.25, -0.2) is 0 Å². The van der Waals surface area contributed by atoms with E-state index in [1.807, 2.05) is 0 Å². The van der Waals surface area contributed by atoms with E-state index in [0.717, 1.165) is 18.6 Å². The van der Waals surface area contributed by atoms with E-state index in [0.29, 0.717) is 0 Å². The molecule has 2 heterocycles. The van der Waals surface area contributed by atoms with Crippen LogP contribution in [-0.2, 0) is 6.54 Å². The minimum Gasteiger partial charge on any atom is -0.307 e. The molecule has 0 spiro atoms. The van der Waals surface area contributed by atoms with Gasteiger partial charge in [0, 0.05) is 31.7 Å². The first-order valence-corrected chi connectivity index (χ1v) is 5.44. The molecule has 14 heavy (non-hydrogen) atoms. The van der Waals surface area contributed by atoms with Crippen molar-refractivity contribution in [2.75, 3.05) is 13.1 Å². The van der Waals surface area contributed by atoms with Crippen LogP contribution in [0.1, 0.15) is 12.0 Å². The van der Waals surface area contributed by atoms with Crippen LogP contribution in [0.25, 0.3) is 0 Å². The van der Waals surface area contributed by atoms with Gasteiger partial charge in [0.15, 0.2) is 0 Å². The Hall–Kier alpha value is -0.860. The van der Waals surface area contributed by atoms with Gasteiger partial charge in [-0.1, -0.05) is 30.3 Å². The third kappa shape index (κ3) is 1.68. The van der Waals surface area contributed by atoms with E-state index in [4.69, 9.17) is 0 Å². The van der Waals surface area contributed by atoms with Crippen molar-refractivity contribution >= 4 is 0 Å². The third-order valence-corrected chi connectivity index (χ3v) is 3.26. The Balaban J connectivity index is 1.61. The fourth-order valence-corrected chi connectivity index (χ4v) is 2.36. The van der Waals surface area contributed by atoms with Gasteiger partial charge in [0.1, 0.15) is 0 Å². The maximum Gasteiger partial charge on any atom is 0.0352 e. The fourth-order valence-electron chi connectivity index (χ4n) is 2.36. The highest BCUT2D eigenvalue weighted by molar-refractivity contribution is 5.15. The SMILES string of the molecule is c1ccc(CN2CCC3NC3C2)cc1. The van der Waals surface area contributed by atoms with Gasteiger partial charge in [0.05, 0.1) is 0 Å². The smallest absolute Gasteiger partial charge is 0.0352 e. The minimum atomic E-state index is 0.799. The van der Waals surface area contributed by atoms with Crippen molar-refractivity contribution in [3.8, 4) is 0 Å². The van der Waals surface area contributed by atoms with Gasteiger partial charge in [-0.3, -0.25) is 4.90 Å². The third-order valence-electron chi connectivity index (χ3n) is 3.26. The van der Waals surface area contributed by atoms with E-state index in [9.17, 15) is 0 Å². The molecule has 0 bridgehead atoms. The van der Waals surface area contributed by atoms with Crippen molar-refractivity contribution in [1.82, 2.24) is 10.2 Å². The van der Waals surface area contributed by atoms with Crippen LogP contribution in [0.3, 0.4) is 0 Å². The van der Waals surface area contributed by atoms with Crippen LogP contribution in [-0.4, -0.2) is 30.1 Å². The van der Waals surface area contributed by atoms with Gasteiger partial charge in [0.25, 0.3) is 0 Å². The van der Waals surface area contributed by atoms with E-state index in [-0.39, 0.29) is 0 Å². The quantitative estimate of drug-likeness (QED) is 0.706. The van der Waals surface area contributed by atoms with Gasteiger partial charge in [-0.15, -0.1) is 0 Å². The monoisotopic (exact) mass is 188 g/mol. The molecular formula is C12H16N2. The Morgan fingerprint density at radius 3 is 2.86 bits per heavy atom. The lowest BCUT2D eigenvalue weighted by molar-refractivity contribution is 0.242. The molecule has 2 aliphatic heterocycles. The number of hydrogen-bond donors (Lipinski definition) is 1. The van der Waals surface area contributed by atoms with Crippen LogP contribution in [0.4, 0.5) is 0 Å². The van der Waals surface area contributed by atoms with Crippen molar-refractivity contribution in [2.24, 2.45) is 0 Å². The molecule has 2 unspecified atom stereocenters. The summed E-state index contributed by atoms with van der Waals surface area (Å²) in [6, 6.07) is 12.4. The van der Waals surface area contributed by atoms with Crippen LogP contribution >= 0.6 is 0 Å². The second kappa shape index (κ2) is 3.37. The molecule has 2 heteroatoms. The molecule has 2 saturated heterocycles. The summed E-state index contributed by atoms with van der Waals surface area (Å²) in [5.41, 5.74) is 1.44. The summed E-state index contributed by atoms with van der Waals surface area (Å²) in [7, 11) is 0. The van der Waals surface area contributed by atoms with E-state index >= 15 is 0 Å². The molecule has 74 valence electrons. The van der Waals surface area contributed by atoms with Crippen LogP contribution < -0.4 is 5.32 Å². The maximum atomic E-state index is 3.50. The number of piperidine rings is 1. The molecule has 0 radical (unpaired) electrons. The Morgan fingerprint density at radius 2 is 2.07 bits per heavy atom. The van der Waals surface area contributed by atoms with E-state index in [2.05, 4.69) is 40.5 Å². The van der Waals surface area contributed by atoms with Crippen LogP contribution in [0.5, 0.6) is 0 Å². The van der Waals surface area contributed by atoms with Crippen molar-refractivity contribution in [3.05, 3.63) is 35.9 Å². The van der Waals surface area contributed by atoms with Crippen molar-refractivity contribution in [3.63, 3.8) is 0 Å². The summed E-state index contributed by atoms with van der Waals surface area (Å²) >= 11 is 0. The fraction of sp³-hybridized carbons (Fsp3) is 0.500. The number of likely N-dealkylation sites (tertiary alicyclic amines) is 1. The summed E-state index contributed by atoms with van der Waals surface area (Å²) in [6.07, 6.45) is 1.33. The second-order valence-corrected chi connectivity index (χ2v) is 4.39. The van der Waals surface area contributed by atoms with Gasteiger partial charge in [0.2, 0.25) is 0 Å². The topological polar surface area (TPSA) is 25.2 Å². The number of nitrogens with one attached hydrogen (secondary N) is 1. The number of benzene rings is 1. The zero-order chi connectivity index (χ0) is 9.38. The molecule has 2 fully saturated rings. The standard InChI is InChI=1S/C12H16N2/c1-2-4-10(5-3-1)8-14-7-6-11-12(9-14)13-11/h1-5,11-13H,6-9H2. The van der Waals surface area contributed by atoms with Crippen LogP contribution in [0.2, 0.25) is 0 Å². The molecule has 2 aliphatic rings. The molecule has 2 nitrogen and oxygen atoms in total. The highest BCUT2D eigenvalue weighted by Gasteiger charge is 2.40. The van der Waals surface area contributed by atoms with Crippen LogP contribution in [0.15, 0.2) is 30.3 Å². The highest BCUT2D eigenvalue weighted by Crippen LogP contribution is 2.23. The Labute approximate surface area is 84.9 Å². The number of hydrogen-bond acceptors (Lipinski definition) is 2. The molecule has 0 saturated carbocycles. The summed E-state index contributed by atoms with van der Waals surface area (Å²) in [6.45, 7) is 3.61. The second-order valence-electron chi connectivity index (χ2n) is 4.39. The molecular weight excluding hydrogens is 172 g/mol. The van der Waals surface area contributed by atoms with E-state index in [1.165, 1.54) is 25.1 Å². The lowest BCUT2D eigenvalue weighted by atomic mass is 10.1. The van der Waals surface area contributed by atoms with Gasteiger partial charge in [-0.2, -0.15) is 0 Å². The molecule has 3 rings (SSSR count).